The molecule has 2 N–H and O–H groups in total. The average molecular weight is 440 g/mol. The van der Waals surface area contributed by atoms with E-state index in [1.807, 2.05) is 6.07 Å². The van der Waals surface area contributed by atoms with Crippen molar-refractivity contribution >= 4 is 11.7 Å². The lowest BCUT2D eigenvalue weighted by molar-refractivity contribution is 0.0871. The fourth-order valence-electron chi connectivity index (χ4n) is 4.57. The molecule has 2 heterocycles. The van der Waals surface area contributed by atoms with Crippen LogP contribution in [-0.2, 0) is 0 Å². The van der Waals surface area contributed by atoms with Gasteiger partial charge in [0, 0.05) is 38.8 Å². The maximum Gasteiger partial charge on any atom is 0.270 e. The van der Waals surface area contributed by atoms with E-state index in [4.69, 9.17) is 0 Å². The van der Waals surface area contributed by atoms with Gasteiger partial charge in [0.2, 0.25) is 0 Å². The van der Waals surface area contributed by atoms with E-state index >= 15 is 0 Å². The predicted octanol–water partition coefficient (Wildman–Crippen LogP) is 2.79. The summed E-state index contributed by atoms with van der Waals surface area (Å²) in [5.41, 5.74) is 1.70. The molecule has 2 fully saturated rings. The number of likely N-dealkylation sites (tertiary alicyclic amines) is 1. The van der Waals surface area contributed by atoms with Crippen LogP contribution in [0.4, 0.5) is 5.82 Å². The normalized spacial score (nSPS) is 24.3. The van der Waals surface area contributed by atoms with Crippen LogP contribution in [0.3, 0.4) is 0 Å². The predicted molar refractivity (Wildman–Crippen MR) is 127 cm³/mol. The van der Waals surface area contributed by atoms with Gasteiger partial charge in [-0.3, -0.25) is 9.69 Å². The summed E-state index contributed by atoms with van der Waals surface area (Å²) in [5.74, 6) is 1.67. The van der Waals surface area contributed by atoms with Crippen molar-refractivity contribution in [2.24, 2.45) is 11.8 Å². The Kier molecular flexibility index (Phi) is 7.58. The third kappa shape index (κ3) is 6.17. The molecular formula is C25H37N5O2. The Morgan fingerprint density at radius 2 is 2.03 bits per heavy atom. The van der Waals surface area contributed by atoms with Crippen LogP contribution in [-0.4, -0.2) is 70.8 Å². The molecular weight excluding hydrogens is 402 g/mol. The quantitative estimate of drug-likeness (QED) is 0.616. The van der Waals surface area contributed by atoms with Crippen molar-refractivity contribution in [2.75, 3.05) is 37.6 Å². The number of aromatic nitrogens is 2. The number of anilines is 1. The smallest absolute Gasteiger partial charge is 0.270 e. The zero-order chi connectivity index (χ0) is 22.5. The van der Waals surface area contributed by atoms with E-state index in [2.05, 4.69) is 57.2 Å². The second kappa shape index (κ2) is 10.6. The molecule has 174 valence electrons. The van der Waals surface area contributed by atoms with Crippen molar-refractivity contribution in [3.05, 3.63) is 41.9 Å². The van der Waals surface area contributed by atoms with Crippen LogP contribution in [0.1, 0.15) is 56.4 Å². The topological polar surface area (TPSA) is 81.6 Å². The highest BCUT2D eigenvalue weighted by Crippen LogP contribution is 2.31. The Balaban J connectivity index is 1.34. The number of hydrogen-bond acceptors (Lipinski definition) is 6. The number of carbonyl (C=O) groups excluding carboxylic acids is 1. The van der Waals surface area contributed by atoms with Gasteiger partial charge < -0.3 is 15.3 Å². The summed E-state index contributed by atoms with van der Waals surface area (Å²) in [4.78, 5) is 26.3. The highest BCUT2D eigenvalue weighted by Gasteiger charge is 2.26. The van der Waals surface area contributed by atoms with Crippen LogP contribution in [0.5, 0.6) is 0 Å². The molecule has 7 heteroatoms. The molecule has 1 aromatic heterocycles. The molecule has 1 aliphatic heterocycles. The number of piperidine rings is 1. The van der Waals surface area contributed by atoms with E-state index in [1.165, 1.54) is 24.7 Å². The monoisotopic (exact) mass is 439 g/mol. The van der Waals surface area contributed by atoms with Crippen LogP contribution in [0.2, 0.25) is 0 Å². The van der Waals surface area contributed by atoms with Gasteiger partial charge >= 0.3 is 0 Å². The first-order valence-electron chi connectivity index (χ1n) is 12.2. The lowest BCUT2D eigenvalue weighted by atomic mass is 9.92. The van der Waals surface area contributed by atoms with Gasteiger partial charge in [-0.25, -0.2) is 9.97 Å². The van der Waals surface area contributed by atoms with Crippen LogP contribution >= 0.6 is 0 Å². The summed E-state index contributed by atoms with van der Waals surface area (Å²) in [7, 11) is 0. The van der Waals surface area contributed by atoms with Crippen molar-refractivity contribution in [1.82, 2.24) is 20.2 Å². The number of amides is 1. The van der Waals surface area contributed by atoms with Gasteiger partial charge in [0.15, 0.2) is 0 Å². The number of aliphatic hydroxyl groups excluding tert-OH is 1. The number of nitrogens with zero attached hydrogens (tertiary/aromatic N) is 4. The Morgan fingerprint density at radius 3 is 2.72 bits per heavy atom. The summed E-state index contributed by atoms with van der Waals surface area (Å²) >= 11 is 0. The van der Waals surface area contributed by atoms with Gasteiger partial charge in [0.05, 0.1) is 12.1 Å². The van der Waals surface area contributed by atoms with Crippen molar-refractivity contribution in [1.29, 1.82) is 0 Å². The summed E-state index contributed by atoms with van der Waals surface area (Å²) in [6.45, 7) is 9.04. The van der Waals surface area contributed by atoms with Gasteiger partial charge in [-0.05, 0) is 49.5 Å². The third-order valence-electron chi connectivity index (χ3n) is 6.70. The van der Waals surface area contributed by atoms with Crippen molar-refractivity contribution < 1.29 is 9.90 Å². The Morgan fingerprint density at radius 1 is 1.25 bits per heavy atom. The molecule has 1 aromatic rings. The summed E-state index contributed by atoms with van der Waals surface area (Å²) in [6.07, 6.45) is 13.2. The molecule has 2 atom stereocenters. The molecule has 1 saturated heterocycles. The minimum Gasteiger partial charge on any atom is -0.393 e. The lowest BCUT2D eigenvalue weighted by Gasteiger charge is -2.31. The third-order valence-corrected chi connectivity index (χ3v) is 6.70. The zero-order valence-electron chi connectivity index (χ0n) is 19.4. The SMILES string of the molecule is CCCN(CC1CC1)c1cc(C(=O)NC2C=CC(CN3CCC(O)CC3)=CC2C)ncn1. The highest BCUT2D eigenvalue weighted by atomic mass is 16.3. The molecule has 3 aliphatic rings. The fraction of sp³-hybridized carbons (Fsp3) is 0.640. The second-order valence-electron chi connectivity index (χ2n) is 9.62. The van der Waals surface area contributed by atoms with Crippen molar-refractivity contribution in [2.45, 2.75) is 58.1 Å². The molecule has 0 bridgehead atoms. The molecule has 0 aromatic carbocycles. The largest absolute Gasteiger partial charge is 0.393 e. The number of hydrogen-bond donors (Lipinski definition) is 2. The number of carbonyl (C=O) groups is 1. The Hall–Kier alpha value is -2.25. The van der Waals surface area contributed by atoms with Crippen LogP contribution in [0, 0.1) is 11.8 Å². The van der Waals surface area contributed by atoms with E-state index < -0.39 is 0 Å². The summed E-state index contributed by atoms with van der Waals surface area (Å²) in [5, 5.41) is 12.8. The highest BCUT2D eigenvalue weighted by molar-refractivity contribution is 5.93. The Bertz CT molecular complexity index is 842. The second-order valence-corrected chi connectivity index (χ2v) is 9.62. The van der Waals surface area contributed by atoms with Gasteiger partial charge in [-0.2, -0.15) is 0 Å². The minimum absolute atomic E-state index is 0.0500. The van der Waals surface area contributed by atoms with Gasteiger partial charge in [-0.1, -0.05) is 32.1 Å². The van der Waals surface area contributed by atoms with E-state index in [0.717, 1.165) is 63.7 Å². The first-order chi connectivity index (χ1) is 15.5. The maximum atomic E-state index is 12.9. The first kappa shape index (κ1) is 22.9. The standard InChI is InChI=1S/C25H37N5O2/c1-3-10-30(16-19-4-5-19)24-14-23(26-17-27-24)25(32)28-22-7-6-20(13-18(22)2)15-29-11-8-21(31)9-12-29/h6-7,13-14,17-19,21-22,31H,3-5,8-12,15-16H2,1-2H3,(H,28,32). The van der Waals surface area contributed by atoms with E-state index in [-0.39, 0.29) is 24.0 Å². The average Bonchev–Trinajstić information content (AvgIpc) is 3.61. The lowest BCUT2D eigenvalue weighted by Crippen LogP contribution is -2.40. The number of rotatable bonds is 9. The van der Waals surface area contributed by atoms with Crippen molar-refractivity contribution in [3.63, 3.8) is 0 Å². The maximum absolute atomic E-state index is 12.9. The molecule has 2 aliphatic carbocycles. The first-order valence-corrected chi connectivity index (χ1v) is 12.2. The molecule has 0 radical (unpaired) electrons. The van der Waals surface area contributed by atoms with E-state index in [9.17, 15) is 9.90 Å². The van der Waals surface area contributed by atoms with Crippen LogP contribution < -0.4 is 10.2 Å². The summed E-state index contributed by atoms with van der Waals surface area (Å²) < 4.78 is 0. The minimum atomic E-state index is -0.153. The van der Waals surface area contributed by atoms with E-state index in [1.54, 1.807) is 0 Å². The van der Waals surface area contributed by atoms with Crippen LogP contribution in [0.15, 0.2) is 36.2 Å². The molecule has 32 heavy (non-hydrogen) atoms. The van der Waals surface area contributed by atoms with Gasteiger partial charge in [0.1, 0.15) is 17.8 Å². The molecule has 4 rings (SSSR count). The molecule has 1 saturated carbocycles. The fourth-order valence-corrected chi connectivity index (χ4v) is 4.57. The van der Waals surface area contributed by atoms with Crippen LogP contribution in [0.25, 0.3) is 0 Å². The van der Waals surface area contributed by atoms with Crippen molar-refractivity contribution in [3.8, 4) is 0 Å². The van der Waals surface area contributed by atoms with E-state index in [0.29, 0.717) is 5.69 Å². The molecule has 0 spiro atoms. The number of nitrogens with one attached hydrogen (secondary N) is 1. The molecule has 2 unspecified atom stereocenters. The number of aliphatic hydroxyl groups is 1. The zero-order valence-corrected chi connectivity index (χ0v) is 19.4. The summed E-state index contributed by atoms with van der Waals surface area (Å²) in [6, 6.07) is 1.78. The van der Waals surface area contributed by atoms with Gasteiger partial charge in [-0.15, -0.1) is 0 Å². The molecule has 7 nitrogen and oxygen atoms in total. The molecule has 1 amide bonds. The van der Waals surface area contributed by atoms with Gasteiger partial charge in [0.25, 0.3) is 5.91 Å². The Labute approximate surface area is 191 Å².